The van der Waals surface area contributed by atoms with Crippen LogP contribution in [0.4, 0.5) is 4.39 Å². The molecule has 134 valence electrons. The number of hydrogen-bond donors (Lipinski definition) is 2. The standard InChI is InChI=1S/C19H23FN2O3/c20-15-4-6-16(7-5-15)25-17-8-3-14(19(17)24)13-21-18(23)9-12-22-10-1-2-11-22/h1-2,4-7,10-11,14,17,19,24H,3,8-9,12-13H2,(H,21,23)/t14-,17-,19-/m1/s1. The molecule has 1 heterocycles. The molecule has 1 fully saturated rings. The smallest absolute Gasteiger partial charge is 0.221 e. The number of carbonyl (C=O) groups excluding carboxylic acids is 1. The van der Waals surface area contributed by atoms with Gasteiger partial charge >= 0.3 is 0 Å². The van der Waals surface area contributed by atoms with E-state index in [0.717, 1.165) is 6.42 Å². The number of halogens is 1. The fraction of sp³-hybridized carbons (Fsp3) is 0.421. The first-order valence-electron chi connectivity index (χ1n) is 8.59. The Labute approximate surface area is 146 Å². The van der Waals surface area contributed by atoms with Gasteiger partial charge in [0.25, 0.3) is 0 Å². The number of benzene rings is 1. The van der Waals surface area contributed by atoms with Gasteiger partial charge in [0.1, 0.15) is 17.7 Å². The molecule has 1 aliphatic carbocycles. The van der Waals surface area contributed by atoms with Crippen molar-refractivity contribution in [2.75, 3.05) is 6.54 Å². The quantitative estimate of drug-likeness (QED) is 0.809. The third-order valence-corrected chi connectivity index (χ3v) is 4.61. The minimum absolute atomic E-state index is 0.0243. The van der Waals surface area contributed by atoms with Crippen LogP contribution in [0.5, 0.6) is 5.75 Å². The van der Waals surface area contributed by atoms with E-state index in [1.54, 1.807) is 12.1 Å². The molecule has 1 aliphatic rings. The number of ether oxygens (including phenoxy) is 1. The van der Waals surface area contributed by atoms with E-state index in [9.17, 15) is 14.3 Å². The first-order valence-corrected chi connectivity index (χ1v) is 8.59. The number of nitrogens with zero attached hydrogens (tertiary/aromatic N) is 1. The monoisotopic (exact) mass is 346 g/mol. The van der Waals surface area contributed by atoms with E-state index in [4.69, 9.17) is 4.74 Å². The maximum Gasteiger partial charge on any atom is 0.221 e. The van der Waals surface area contributed by atoms with Gasteiger partial charge in [-0.25, -0.2) is 4.39 Å². The summed E-state index contributed by atoms with van der Waals surface area (Å²) in [7, 11) is 0. The topological polar surface area (TPSA) is 63.5 Å². The third kappa shape index (κ3) is 4.82. The van der Waals surface area contributed by atoms with Gasteiger partial charge in [0.05, 0.1) is 6.10 Å². The average molecular weight is 346 g/mol. The van der Waals surface area contributed by atoms with E-state index in [0.29, 0.717) is 31.7 Å². The second-order valence-corrected chi connectivity index (χ2v) is 6.41. The molecule has 2 aromatic rings. The van der Waals surface area contributed by atoms with Crippen molar-refractivity contribution in [3.63, 3.8) is 0 Å². The highest BCUT2D eigenvalue weighted by molar-refractivity contribution is 5.75. The molecule has 0 radical (unpaired) electrons. The summed E-state index contributed by atoms with van der Waals surface area (Å²) >= 11 is 0. The van der Waals surface area contributed by atoms with E-state index >= 15 is 0 Å². The van der Waals surface area contributed by atoms with Crippen molar-refractivity contribution in [3.8, 4) is 5.75 Å². The molecule has 0 saturated heterocycles. The predicted molar refractivity (Wildman–Crippen MR) is 91.6 cm³/mol. The molecule has 3 atom stereocenters. The Morgan fingerprint density at radius 1 is 1.24 bits per heavy atom. The molecule has 6 heteroatoms. The minimum Gasteiger partial charge on any atom is -0.488 e. The predicted octanol–water partition coefficient (Wildman–Crippen LogP) is 2.35. The lowest BCUT2D eigenvalue weighted by molar-refractivity contribution is -0.121. The maximum absolute atomic E-state index is 12.9. The molecule has 0 unspecified atom stereocenters. The van der Waals surface area contributed by atoms with Crippen LogP contribution in [0.15, 0.2) is 48.8 Å². The van der Waals surface area contributed by atoms with E-state index < -0.39 is 6.10 Å². The van der Waals surface area contributed by atoms with Crippen LogP contribution < -0.4 is 10.1 Å². The highest BCUT2D eigenvalue weighted by Crippen LogP contribution is 2.29. The number of nitrogens with one attached hydrogen (secondary N) is 1. The highest BCUT2D eigenvalue weighted by Gasteiger charge is 2.36. The SMILES string of the molecule is O=C(CCn1cccc1)NC[C@H]1CC[C@@H](Oc2ccc(F)cc2)[C@@H]1O. The van der Waals surface area contributed by atoms with Gasteiger partial charge < -0.3 is 19.7 Å². The van der Waals surface area contributed by atoms with Gasteiger partial charge in [-0.3, -0.25) is 4.79 Å². The van der Waals surface area contributed by atoms with E-state index in [1.165, 1.54) is 12.1 Å². The lowest BCUT2D eigenvalue weighted by Crippen LogP contribution is -2.37. The number of aliphatic hydroxyl groups is 1. The first kappa shape index (κ1) is 17.5. The summed E-state index contributed by atoms with van der Waals surface area (Å²) in [5.74, 6) is 0.173. The number of hydrogen-bond acceptors (Lipinski definition) is 3. The van der Waals surface area contributed by atoms with Gasteiger partial charge in [-0.1, -0.05) is 0 Å². The Balaban J connectivity index is 1.41. The van der Waals surface area contributed by atoms with Crippen molar-refractivity contribution >= 4 is 5.91 Å². The van der Waals surface area contributed by atoms with E-state index in [1.807, 2.05) is 29.1 Å². The maximum atomic E-state index is 12.9. The Morgan fingerprint density at radius 3 is 2.68 bits per heavy atom. The Morgan fingerprint density at radius 2 is 1.96 bits per heavy atom. The Bertz CT molecular complexity index is 672. The van der Waals surface area contributed by atoms with Crippen LogP contribution in [0.3, 0.4) is 0 Å². The minimum atomic E-state index is -0.644. The molecule has 1 saturated carbocycles. The summed E-state index contributed by atoms with van der Waals surface area (Å²) in [6.45, 7) is 1.08. The van der Waals surface area contributed by atoms with Gasteiger partial charge in [-0.05, 0) is 49.2 Å². The zero-order chi connectivity index (χ0) is 17.6. The van der Waals surface area contributed by atoms with Gasteiger partial charge in [-0.2, -0.15) is 0 Å². The largest absolute Gasteiger partial charge is 0.488 e. The molecule has 25 heavy (non-hydrogen) atoms. The van der Waals surface area contributed by atoms with E-state index in [2.05, 4.69) is 5.32 Å². The summed E-state index contributed by atoms with van der Waals surface area (Å²) in [6, 6.07) is 9.62. The average Bonchev–Trinajstić information content (AvgIpc) is 3.24. The first-order chi connectivity index (χ1) is 12.1. The van der Waals surface area contributed by atoms with Crippen molar-refractivity contribution < 1.29 is 19.0 Å². The van der Waals surface area contributed by atoms with Crippen LogP contribution in [0.2, 0.25) is 0 Å². The van der Waals surface area contributed by atoms with Gasteiger partial charge in [0.2, 0.25) is 5.91 Å². The van der Waals surface area contributed by atoms with Crippen LogP contribution >= 0.6 is 0 Å². The summed E-state index contributed by atoms with van der Waals surface area (Å²) in [5.41, 5.74) is 0. The molecule has 2 N–H and O–H groups in total. The number of carbonyl (C=O) groups is 1. The number of amides is 1. The van der Waals surface area contributed by atoms with E-state index in [-0.39, 0.29) is 23.7 Å². The van der Waals surface area contributed by atoms with Gasteiger partial charge in [-0.15, -0.1) is 0 Å². The second kappa shape index (κ2) is 8.16. The summed E-state index contributed by atoms with van der Waals surface area (Å²) in [5, 5.41) is 13.3. The molecule has 5 nitrogen and oxygen atoms in total. The molecular formula is C19H23FN2O3. The van der Waals surface area contributed by atoms with Crippen LogP contribution in [-0.4, -0.2) is 34.3 Å². The second-order valence-electron chi connectivity index (χ2n) is 6.41. The number of rotatable bonds is 7. The van der Waals surface area contributed by atoms with Crippen molar-refractivity contribution in [2.45, 2.75) is 38.0 Å². The lowest BCUT2D eigenvalue weighted by Gasteiger charge is -2.21. The summed E-state index contributed by atoms with van der Waals surface area (Å²) in [6.07, 6.45) is 4.78. The fourth-order valence-electron chi connectivity index (χ4n) is 3.15. The third-order valence-electron chi connectivity index (χ3n) is 4.61. The van der Waals surface area contributed by atoms with Gasteiger partial charge in [0, 0.05) is 37.8 Å². The zero-order valence-electron chi connectivity index (χ0n) is 14.0. The van der Waals surface area contributed by atoms with Crippen LogP contribution in [0.1, 0.15) is 19.3 Å². The number of aryl methyl sites for hydroxylation is 1. The molecular weight excluding hydrogens is 323 g/mol. The van der Waals surface area contributed by atoms with Crippen molar-refractivity contribution in [1.82, 2.24) is 9.88 Å². The normalized spacial score (nSPS) is 22.7. The molecule has 1 aromatic heterocycles. The van der Waals surface area contributed by atoms with Crippen LogP contribution in [-0.2, 0) is 11.3 Å². The molecule has 0 bridgehead atoms. The fourth-order valence-corrected chi connectivity index (χ4v) is 3.15. The summed E-state index contributed by atoms with van der Waals surface area (Å²) in [4.78, 5) is 11.9. The van der Waals surface area contributed by atoms with Crippen LogP contribution in [0, 0.1) is 11.7 Å². The highest BCUT2D eigenvalue weighted by atomic mass is 19.1. The molecule has 1 amide bonds. The zero-order valence-corrected chi connectivity index (χ0v) is 14.0. The Hall–Kier alpha value is -2.34. The van der Waals surface area contributed by atoms with Gasteiger partial charge in [0.15, 0.2) is 0 Å². The number of aliphatic hydroxyl groups excluding tert-OH is 1. The molecule has 3 rings (SSSR count). The van der Waals surface area contributed by atoms with Crippen molar-refractivity contribution in [1.29, 1.82) is 0 Å². The Kier molecular flexibility index (Phi) is 5.71. The van der Waals surface area contributed by atoms with Crippen molar-refractivity contribution in [3.05, 3.63) is 54.6 Å². The number of aromatic nitrogens is 1. The molecule has 0 spiro atoms. The summed E-state index contributed by atoms with van der Waals surface area (Å²) < 4.78 is 20.6. The van der Waals surface area contributed by atoms with Crippen molar-refractivity contribution in [2.24, 2.45) is 5.92 Å². The lowest BCUT2D eigenvalue weighted by atomic mass is 10.1. The van der Waals surface area contributed by atoms with Crippen LogP contribution in [0.25, 0.3) is 0 Å². The molecule has 0 aliphatic heterocycles. The molecule has 1 aromatic carbocycles.